The third-order valence-electron chi connectivity index (χ3n) is 3.31. The van der Waals surface area contributed by atoms with E-state index in [9.17, 15) is 9.90 Å². The van der Waals surface area contributed by atoms with E-state index in [-0.39, 0.29) is 5.91 Å². The van der Waals surface area contributed by atoms with E-state index in [0.717, 1.165) is 25.7 Å². The van der Waals surface area contributed by atoms with Gasteiger partial charge in [-0.15, -0.1) is 0 Å². The Balaban J connectivity index is 2.41. The fraction of sp³-hybridized carbons (Fsp3) is 0.750. The van der Waals surface area contributed by atoms with E-state index in [4.69, 9.17) is 0 Å². The lowest BCUT2D eigenvalue weighted by molar-refractivity contribution is -0.118. The number of hydrogen-bond acceptors (Lipinski definition) is 2. The van der Waals surface area contributed by atoms with Gasteiger partial charge in [0.1, 0.15) is 0 Å². The molecule has 15 heavy (non-hydrogen) atoms. The summed E-state index contributed by atoms with van der Waals surface area (Å²) in [5.41, 5.74) is -0.386. The van der Waals surface area contributed by atoms with Crippen molar-refractivity contribution in [2.24, 2.45) is 5.41 Å². The summed E-state index contributed by atoms with van der Waals surface area (Å²) in [6.07, 6.45) is 4.77. The van der Waals surface area contributed by atoms with Crippen molar-refractivity contribution >= 4 is 5.91 Å². The van der Waals surface area contributed by atoms with Crippen LogP contribution in [0.25, 0.3) is 0 Å². The molecule has 1 rings (SSSR count). The van der Waals surface area contributed by atoms with Gasteiger partial charge in [0.05, 0.1) is 5.60 Å². The smallest absolute Gasteiger partial charge is 0.243 e. The monoisotopic (exact) mass is 211 g/mol. The summed E-state index contributed by atoms with van der Waals surface area (Å²) >= 11 is 0. The summed E-state index contributed by atoms with van der Waals surface area (Å²) in [6.45, 7) is 8.15. The second-order valence-electron chi connectivity index (χ2n) is 5.31. The van der Waals surface area contributed by atoms with Crippen molar-refractivity contribution in [3.8, 4) is 0 Å². The molecule has 0 heterocycles. The summed E-state index contributed by atoms with van der Waals surface area (Å²) in [4.78, 5) is 11.0. The summed E-state index contributed by atoms with van der Waals surface area (Å²) in [6, 6.07) is 0. The molecule has 1 amide bonds. The zero-order chi connectivity index (χ0) is 11.5. The Morgan fingerprint density at radius 2 is 1.93 bits per heavy atom. The van der Waals surface area contributed by atoms with Gasteiger partial charge in [-0.25, -0.2) is 0 Å². The van der Waals surface area contributed by atoms with Gasteiger partial charge in [-0.05, 0) is 37.2 Å². The highest BCUT2D eigenvalue weighted by atomic mass is 16.3. The molecule has 1 aliphatic rings. The molecule has 0 atom stereocenters. The minimum absolute atomic E-state index is 0.215. The largest absolute Gasteiger partial charge is 0.388 e. The van der Waals surface area contributed by atoms with Gasteiger partial charge in [0.25, 0.3) is 0 Å². The van der Waals surface area contributed by atoms with E-state index in [2.05, 4.69) is 25.7 Å². The molecular formula is C12H21NO2. The van der Waals surface area contributed by atoms with Crippen molar-refractivity contribution < 1.29 is 9.90 Å². The molecule has 0 unspecified atom stereocenters. The van der Waals surface area contributed by atoms with Crippen LogP contribution in [0.2, 0.25) is 0 Å². The van der Waals surface area contributed by atoms with Crippen LogP contribution in [0.15, 0.2) is 12.7 Å². The Kier molecular flexibility index (Phi) is 3.55. The Morgan fingerprint density at radius 3 is 2.40 bits per heavy atom. The minimum Gasteiger partial charge on any atom is -0.388 e. The Hall–Kier alpha value is -0.830. The molecule has 0 aromatic heterocycles. The molecule has 1 fully saturated rings. The summed E-state index contributed by atoms with van der Waals surface area (Å²) < 4.78 is 0. The first-order valence-corrected chi connectivity index (χ1v) is 5.50. The van der Waals surface area contributed by atoms with Gasteiger partial charge < -0.3 is 10.4 Å². The van der Waals surface area contributed by atoms with Gasteiger partial charge in [0, 0.05) is 6.54 Å². The third kappa shape index (κ3) is 3.67. The maximum absolute atomic E-state index is 11.0. The highest BCUT2D eigenvalue weighted by molar-refractivity contribution is 5.86. The SMILES string of the molecule is C=CC(=O)NCC1(O)CCC(C)(C)CC1. The van der Waals surface area contributed by atoms with E-state index in [1.54, 1.807) is 0 Å². The molecule has 0 aromatic rings. The second-order valence-corrected chi connectivity index (χ2v) is 5.31. The Labute approximate surface area is 91.6 Å². The van der Waals surface area contributed by atoms with Gasteiger partial charge in [0.2, 0.25) is 5.91 Å². The summed E-state index contributed by atoms with van der Waals surface area (Å²) in [5, 5.41) is 12.9. The number of amides is 1. The molecule has 0 spiro atoms. The molecule has 1 saturated carbocycles. The van der Waals surface area contributed by atoms with Crippen LogP contribution in [-0.4, -0.2) is 23.2 Å². The van der Waals surface area contributed by atoms with Gasteiger partial charge in [-0.3, -0.25) is 4.79 Å². The molecule has 3 heteroatoms. The molecule has 0 aromatic carbocycles. The first-order chi connectivity index (χ1) is 6.87. The standard InChI is InChI=1S/C12H21NO2/c1-4-10(14)13-9-12(15)7-5-11(2,3)6-8-12/h4,15H,1,5-9H2,2-3H3,(H,13,14). The summed E-state index contributed by atoms with van der Waals surface area (Å²) in [7, 11) is 0. The van der Waals surface area contributed by atoms with Gasteiger partial charge in [0.15, 0.2) is 0 Å². The number of aliphatic hydroxyl groups is 1. The predicted octanol–water partition coefficient (Wildman–Crippen LogP) is 1.62. The van der Waals surface area contributed by atoms with Crippen LogP contribution in [0.4, 0.5) is 0 Å². The van der Waals surface area contributed by atoms with Crippen LogP contribution in [0.5, 0.6) is 0 Å². The molecular weight excluding hydrogens is 190 g/mol. The van der Waals surface area contributed by atoms with Crippen molar-refractivity contribution in [1.82, 2.24) is 5.32 Å². The third-order valence-corrected chi connectivity index (χ3v) is 3.31. The number of nitrogens with one attached hydrogen (secondary N) is 1. The van der Waals surface area contributed by atoms with Crippen molar-refractivity contribution in [2.75, 3.05) is 6.54 Å². The lowest BCUT2D eigenvalue weighted by atomic mass is 9.71. The quantitative estimate of drug-likeness (QED) is 0.697. The highest BCUT2D eigenvalue weighted by Crippen LogP contribution is 2.39. The maximum atomic E-state index is 11.0. The van der Waals surface area contributed by atoms with E-state index >= 15 is 0 Å². The van der Waals surface area contributed by atoms with Crippen LogP contribution >= 0.6 is 0 Å². The molecule has 2 N–H and O–H groups in total. The number of rotatable bonds is 3. The summed E-state index contributed by atoms with van der Waals surface area (Å²) in [5.74, 6) is -0.215. The second kappa shape index (κ2) is 4.35. The molecule has 0 radical (unpaired) electrons. The minimum atomic E-state index is -0.714. The molecule has 3 nitrogen and oxygen atoms in total. The molecule has 0 aliphatic heterocycles. The zero-order valence-corrected chi connectivity index (χ0v) is 9.68. The Morgan fingerprint density at radius 1 is 1.40 bits per heavy atom. The van der Waals surface area contributed by atoms with Crippen molar-refractivity contribution in [1.29, 1.82) is 0 Å². The van der Waals surface area contributed by atoms with E-state index < -0.39 is 5.60 Å². The Bertz CT molecular complexity index is 248. The lowest BCUT2D eigenvalue weighted by Crippen LogP contribution is -2.46. The van der Waals surface area contributed by atoms with Crippen LogP contribution < -0.4 is 5.32 Å². The van der Waals surface area contributed by atoms with Crippen LogP contribution in [0.1, 0.15) is 39.5 Å². The fourth-order valence-electron chi connectivity index (χ4n) is 1.89. The van der Waals surface area contributed by atoms with Crippen LogP contribution in [0.3, 0.4) is 0 Å². The van der Waals surface area contributed by atoms with E-state index in [1.165, 1.54) is 6.08 Å². The topological polar surface area (TPSA) is 49.3 Å². The first kappa shape index (κ1) is 12.2. The predicted molar refractivity (Wildman–Crippen MR) is 60.4 cm³/mol. The number of hydrogen-bond donors (Lipinski definition) is 2. The fourth-order valence-corrected chi connectivity index (χ4v) is 1.89. The molecule has 1 aliphatic carbocycles. The molecule has 86 valence electrons. The van der Waals surface area contributed by atoms with Gasteiger partial charge in [-0.2, -0.15) is 0 Å². The lowest BCUT2D eigenvalue weighted by Gasteiger charge is -2.40. The van der Waals surface area contributed by atoms with Crippen molar-refractivity contribution in [2.45, 2.75) is 45.1 Å². The number of carbonyl (C=O) groups excluding carboxylic acids is 1. The van der Waals surface area contributed by atoms with Crippen molar-refractivity contribution in [3.63, 3.8) is 0 Å². The highest BCUT2D eigenvalue weighted by Gasteiger charge is 2.36. The van der Waals surface area contributed by atoms with Gasteiger partial charge in [-0.1, -0.05) is 20.4 Å². The molecule has 0 bridgehead atoms. The van der Waals surface area contributed by atoms with E-state index in [1.807, 2.05) is 0 Å². The van der Waals surface area contributed by atoms with Crippen molar-refractivity contribution in [3.05, 3.63) is 12.7 Å². The first-order valence-electron chi connectivity index (χ1n) is 5.50. The van der Waals surface area contributed by atoms with Crippen LogP contribution in [0, 0.1) is 5.41 Å². The average Bonchev–Trinajstić information content (AvgIpc) is 2.20. The zero-order valence-electron chi connectivity index (χ0n) is 9.68. The maximum Gasteiger partial charge on any atom is 0.243 e. The van der Waals surface area contributed by atoms with Gasteiger partial charge >= 0.3 is 0 Å². The normalized spacial score (nSPS) is 23.1. The number of carbonyl (C=O) groups is 1. The molecule has 0 saturated heterocycles. The van der Waals surface area contributed by atoms with E-state index in [0.29, 0.717) is 12.0 Å². The van der Waals surface area contributed by atoms with Crippen LogP contribution in [-0.2, 0) is 4.79 Å². The average molecular weight is 211 g/mol.